The van der Waals surface area contributed by atoms with Crippen molar-refractivity contribution in [1.82, 2.24) is 15.0 Å². The van der Waals surface area contributed by atoms with Gasteiger partial charge in [-0.05, 0) is 24.4 Å². The summed E-state index contributed by atoms with van der Waals surface area (Å²) < 4.78 is 9.43. The molecule has 2 unspecified atom stereocenters. The van der Waals surface area contributed by atoms with Gasteiger partial charge in [0.25, 0.3) is 0 Å². The Kier molecular flexibility index (Phi) is 7.69. The van der Waals surface area contributed by atoms with Crippen LogP contribution in [-0.2, 0) is 15.9 Å². The molecule has 4 rings (SSSR count). The quantitative estimate of drug-likeness (QED) is 0.135. The van der Waals surface area contributed by atoms with Crippen LogP contribution in [0.5, 0.6) is 0 Å². The number of carbonyl (C=O) groups is 3. The van der Waals surface area contributed by atoms with Crippen molar-refractivity contribution in [3.05, 3.63) is 27.2 Å². The summed E-state index contributed by atoms with van der Waals surface area (Å²) in [5.41, 5.74) is 0.462. The fraction of sp³-hybridized carbons (Fsp3) is 0.545. The van der Waals surface area contributed by atoms with Crippen molar-refractivity contribution in [2.24, 2.45) is 5.92 Å². The Labute approximate surface area is 216 Å². The predicted octanol–water partition coefficient (Wildman–Crippen LogP) is 2.36. The summed E-state index contributed by atoms with van der Waals surface area (Å²) >= 11 is 7.10. The lowest BCUT2D eigenvalue weighted by Gasteiger charge is -2.38. The van der Waals surface area contributed by atoms with Crippen LogP contribution in [0.15, 0.2) is 0 Å². The molecule has 1 fully saturated rings. The van der Waals surface area contributed by atoms with Crippen molar-refractivity contribution in [3.8, 4) is 0 Å². The van der Waals surface area contributed by atoms with Gasteiger partial charge in [0.05, 0.1) is 24.1 Å². The number of imidazole rings is 1. The predicted molar refractivity (Wildman–Crippen MR) is 130 cm³/mol. The molecule has 0 saturated carbocycles. The Balaban J connectivity index is 1.51. The number of anilines is 1. The lowest BCUT2D eigenvalue weighted by atomic mass is 9.87. The number of carbonyl (C=O) groups excluding carboxylic acids is 3. The number of Topliss-reactive ketones (excluding diaryl/α,β-unsaturated/α-hetero) is 1. The highest BCUT2D eigenvalue weighted by Crippen LogP contribution is 2.37. The number of halogens is 1. The number of hydrogen-bond donors (Lipinski definition) is 3. The molecule has 14 heteroatoms. The molecule has 3 atom stereocenters. The Morgan fingerprint density at radius 2 is 2.08 bits per heavy atom. The first-order valence-electron chi connectivity index (χ1n) is 11.6. The number of nitrogens with zero attached hydrogens (tertiary/aromatic N) is 4. The highest BCUT2D eigenvalue weighted by atomic mass is 35.5. The third-order valence-corrected chi connectivity index (χ3v) is 7.84. The van der Waals surface area contributed by atoms with E-state index in [2.05, 4.69) is 15.0 Å². The Morgan fingerprint density at radius 3 is 2.69 bits per heavy atom. The normalized spacial score (nSPS) is 23.9. The number of quaternary nitrogens is 1. The second-order valence-electron chi connectivity index (χ2n) is 8.56. The van der Waals surface area contributed by atoms with Crippen molar-refractivity contribution in [2.45, 2.75) is 32.8 Å². The number of ether oxygens (including phenoxy) is 2. The summed E-state index contributed by atoms with van der Waals surface area (Å²) in [5.74, 6) is -2.47. The van der Waals surface area contributed by atoms with Gasteiger partial charge in [0.15, 0.2) is 21.0 Å². The summed E-state index contributed by atoms with van der Waals surface area (Å²) in [5, 5.41) is 19.8. The number of piperidine rings is 1. The molecule has 0 aromatic carbocycles. The van der Waals surface area contributed by atoms with E-state index in [0.29, 0.717) is 43.4 Å². The summed E-state index contributed by atoms with van der Waals surface area (Å²) in [6.07, 6.45) is 0.512. The topological polar surface area (TPSA) is 159 Å². The number of hydroxylamine groups is 3. The first kappa shape index (κ1) is 26.5. The van der Waals surface area contributed by atoms with E-state index in [1.807, 2.05) is 18.7 Å². The zero-order valence-corrected chi connectivity index (χ0v) is 21.7. The summed E-state index contributed by atoms with van der Waals surface area (Å²) in [6.45, 7) is 4.67. The number of aryl methyl sites for hydroxylation is 1. The number of ketones is 1. The number of amides is 2. The number of nitrogens with one attached hydrogen (secondary N) is 2. The van der Waals surface area contributed by atoms with Crippen LogP contribution in [0.4, 0.5) is 5.13 Å². The van der Waals surface area contributed by atoms with E-state index in [0.717, 1.165) is 11.3 Å². The van der Waals surface area contributed by atoms with Crippen LogP contribution in [0.25, 0.3) is 0 Å². The maximum Gasteiger partial charge on any atom is 0.406 e. The van der Waals surface area contributed by atoms with Crippen molar-refractivity contribution in [1.29, 1.82) is 5.41 Å². The molecule has 36 heavy (non-hydrogen) atoms. The Morgan fingerprint density at radius 1 is 1.33 bits per heavy atom. The number of aromatic nitrogens is 3. The molecule has 2 aromatic rings. The second-order valence-corrected chi connectivity index (χ2v) is 9.89. The third-order valence-electron chi connectivity index (χ3n) is 6.43. The molecule has 194 valence electrons. The van der Waals surface area contributed by atoms with Gasteiger partial charge in [-0.25, -0.2) is 24.8 Å². The van der Waals surface area contributed by atoms with Crippen LogP contribution in [0.3, 0.4) is 0 Å². The van der Waals surface area contributed by atoms with Crippen molar-refractivity contribution in [2.75, 3.05) is 44.9 Å². The minimum Gasteiger partial charge on any atom is -0.379 e. The minimum absolute atomic E-state index is 0.0342. The van der Waals surface area contributed by atoms with E-state index < -0.39 is 34.3 Å². The highest BCUT2D eigenvalue weighted by Gasteiger charge is 2.57. The lowest BCUT2D eigenvalue weighted by molar-refractivity contribution is -0.965. The molecular weight excluding hydrogens is 512 g/mol. The number of aromatic amines is 1. The number of H-pyrrole nitrogens is 1. The van der Waals surface area contributed by atoms with Crippen LogP contribution >= 0.6 is 22.9 Å². The van der Waals surface area contributed by atoms with E-state index in [4.69, 9.17) is 26.5 Å². The van der Waals surface area contributed by atoms with Gasteiger partial charge in [-0.15, -0.1) is 0 Å². The minimum atomic E-state index is -1.37. The van der Waals surface area contributed by atoms with Gasteiger partial charge in [-0.2, -0.15) is 0 Å². The molecular formula is C22H28ClN6O6S+. The molecule has 12 nitrogen and oxygen atoms in total. The van der Waals surface area contributed by atoms with Gasteiger partial charge in [0.1, 0.15) is 6.54 Å². The first-order valence-corrected chi connectivity index (χ1v) is 12.8. The molecule has 1 saturated heterocycles. The monoisotopic (exact) mass is 539 g/mol. The van der Waals surface area contributed by atoms with Gasteiger partial charge >= 0.3 is 11.8 Å². The number of fused-ring (bicyclic) bond motifs is 1. The lowest BCUT2D eigenvalue weighted by Crippen LogP contribution is -2.52. The molecule has 3 N–H and O–H groups in total. The maximum absolute atomic E-state index is 13.0. The number of rotatable bonds is 10. The van der Waals surface area contributed by atoms with Crippen molar-refractivity contribution in [3.63, 3.8) is 0 Å². The van der Waals surface area contributed by atoms with Gasteiger partial charge in [0, 0.05) is 32.7 Å². The van der Waals surface area contributed by atoms with E-state index in [1.54, 1.807) is 0 Å². The van der Waals surface area contributed by atoms with Crippen molar-refractivity contribution >= 4 is 51.4 Å². The number of methoxy groups -OCH3 is 1. The summed E-state index contributed by atoms with van der Waals surface area (Å²) in [6, 6.07) is 0. The summed E-state index contributed by atoms with van der Waals surface area (Å²) in [7, 11) is 1.42. The van der Waals surface area contributed by atoms with E-state index in [9.17, 15) is 19.6 Å². The molecule has 0 aliphatic carbocycles. The molecule has 2 amide bonds. The van der Waals surface area contributed by atoms with Gasteiger partial charge in [-0.1, -0.05) is 29.9 Å². The number of thiazole rings is 1. The molecule has 0 radical (unpaired) electrons. The molecule has 2 aliphatic heterocycles. The fourth-order valence-electron chi connectivity index (χ4n) is 4.43. The average Bonchev–Trinajstić information content (AvgIpc) is 3.53. The van der Waals surface area contributed by atoms with Gasteiger partial charge in [-0.3, -0.25) is 4.79 Å². The SMILES string of the molecule is CCO[C@H]1CN(c2nc3c(s2)C(=O)[N+](O)(CCOC)C3=O)CCC1C(=N)C(=O)c1nc(Cl)c(CC)[nH]1. The van der Waals surface area contributed by atoms with Crippen LogP contribution in [0, 0.1) is 11.3 Å². The fourth-order valence-corrected chi connectivity index (χ4v) is 5.77. The van der Waals surface area contributed by atoms with E-state index in [-0.39, 0.29) is 40.4 Å². The Bertz CT molecular complexity index is 1180. The van der Waals surface area contributed by atoms with E-state index in [1.165, 1.54) is 7.11 Å². The van der Waals surface area contributed by atoms with Gasteiger partial charge in [0.2, 0.25) is 11.5 Å². The third kappa shape index (κ3) is 4.51. The second kappa shape index (κ2) is 10.4. The van der Waals surface area contributed by atoms with Crippen LogP contribution in [0.2, 0.25) is 5.15 Å². The molecule has 0 spiro atoms. The zero-order chi connectivity index (χ0) is 26.2. The largest absolute Gasteiger partial charge is 0.406 e. The van der Waals surface area contributed by atoms with Crippen LogP contribution in [-0.4, -0.2) is 94.2 Å². The number of hydrogen-bond acceptors (Lipinski definition) is 11. The standard InChI is InChI=1S/C22H27ClN6O6S/c1-4-12-18(23)27-19(25-12)16(30)14(24)11-6-7-28(10-13(11)35-5-2)22-26-15-17(36-22)21(32)29(33,20(15)31)8-9-34-3/h11,13,24,33H,4-10H2,1-3H3/p+1/t11?,13-,29?/m0/s1. The number of imide groups is 1. The first-order chi connectivity index (χ1) is 17.2. The van der Waals surface area contributed by atoms with E-state index >= 15 is 0 Å². The maximum atomic E-state index is 13.0. The molecule has 0 bridgehead atoms. The molecule has 4 heterocycles. The molecule has 2 aromatic heterocycles. The van der Waals surface area contributed by atoms with Crippen molar-refractivity contribution < 1.29 is 33.7 Å². The summed E-state index contributed by atoms with van der Waals surface area (Å²) in [4.78, 5) is 51.8. The average molecular weight is 540 g/mol. The Hall–Kier alpha value is -2.55. The van der Waals surface area contributed by atoms with Gasteiger partial charge < -0.3 is 24.8 Å². The van der Waals surface area contributed by atoms with Crippen LogP contribution in [0.1, 0.15) is 56.7 Å². The smallest absolute Gasteiger partial charge is 0.379 e. The molecule has 2 aliphatic rings. The zero-order valence-electron chi connectivity index (χ0n) is 20.2. The highest BCUT2D eigenvalue weighted by molar-refractivity contribution is 7.18. The van der Waals surface area contributed by atoms with Crippen LogP contribution < -0.4 is 4.90 Å².